The summed E-state index contributed by atoms with van der Waals surface area (Å²) in [4.78, 5) is 20.8. The van der Waals surface area contributed by atoms with Crippen LogP contribution in [-0.4, -0.2) is 15.8 Å². The fourth-order valence-electron chi connectivity index (χ4n) is 2.06. The zero-order valence-corrected chi connectivity index (χ0v) is 9.77. The highest BCUT2D eigenvalue weighted by Gasteiger charge is 2.18. The SMILES string of the molecule is CC(C)c1nc2c3c(cccc3n1)C(=O)C=C2. The summed E-state index contributed by atoms with van der Waals surface area (Å²) < 4.78 is 0. The van der Waals surface area contributed by atoms with Gasteiger partial charge in [0.25, 0.3) is 0 Å². The van der Waals surface area contributed by atoms with Gasteiger partial charge in [-0.2, -0.15) is 0 Å². The van der Waals surface area contributed by atoms with Gasteiger partial charge in [-0.15, -0.1) is 0 Å². The lowest BCUT2D eigenvalue weighted by molar-refractivity contribution is 0.104. The minimum absolute atomic E-state index is 0.0315. The number of hydrogen-bond acceptors (Lipinski definition) is 3. The van der Waals surface area contributed by atoms with E-state index in [0.717, 1.165) is 22.4 Å². The van der Waals surface area contributed by atoms with Crippen LogP contribution in [0.15, 0.2) is 24.3 Å². The Hall–Kier alpha value is -2.03. The molecule has 2 aromatic rings. The number of rotatable bonds is 1. The number of nitrogens with zero attached hydrogens (tertiary/aromatic N) is 2. The number of aromatic nitrogens is 2. The van der Waals surface area contributed by atoms with Crippen molar-refractivity contribution in [3.05, 3.63) is 41.4 Å². The Morgan fingerprint density at radius 3 is 2.71 bits per heavy atom. The molecule has 0 spiro atoms. The van der Waals surface area contributed by atoms with Crippen molar-refractivity contribution in [3.8, 4) is 0 Å². The zero-order valence-electron chi connectivity index (χ0n) is 9.77. The third-order valence-electron chi connectivity index (χ3n) is 2.94. The number of hydrogen-bond donors (Lipinski definition) is 0. The van der Waals surface area contributed by atoms with E-state index in [0.29, 0.717) is 5.56 Å². The Balaban J connectivity index is 2.42. The maximum atomic E-state index is 11.7. The number of carbonyl (C=O) groups is 1. The second kappa shape index (κ2) is 3.48. The standard InChI is InChI=1S/C14H12N2O/c1-8(2)14-15-10-5-3-4-9-12(17)7-6-11(16-14)13(9)10/h3-8H,1-2H3. The quantitative estimate of drug-likeness (QED) is 0.747. The summed E-state index contributed by atoms with van der Waals surface area (Å²) in [6.45, 7) is 4.13. The molecular formula is C14H12N2O. The number of benzene rings is 1. The third-order valence-corrected chi connectivity index (χ3v) is 2.94. The second-order valence-corrected chi connectivity index (χ2v) is 4.52. The minimum Gasteiger partial charge on any atom is -0.289 e. The van der Waals surface area contributed by atoms with Gasteiger partial charge in [0.05, 0.1) is 11.2 Å². The summed E-state index contributed by atoms with van der Waals surface area (Å²) in [7, 11) is 0. The van der Waals surface area contributed by atoms with Crippen LogP contribution >= 0.6 is 0 Å². The molecule has 0 saturated carbocycles. The number of carbonyl (C=O) groups excluding carboxylic acids is 1. The molecule has 17 heavy (non-hydrogen) atoms. The summed E-state index contributed by atoms with van der Waals surface area (Å²) in [5.74, 6) is 1.14. The van der Waals surface area contributed by atoms with Gasteiger partial charge < -0.3 is 0 Å². The summed E-state index contributed by atoms with van der Waals surface area (Å²) in [5.41, 5.74) is 2.41. The highest BCUT2D eigenvalue weighted by atomic mass is 16.1. The van der Waals surface area contributed by atoms with E-state index in [1.54, 1.807) is 12.2 Å². The summed E-state index contributed by atoms with van der Waals surface area (Å²) in [6, 6.07) is 5.63. The molecule has 0 radical (unpaired) electrons. The molecule has 0 bridgehead atoms. The largest absolute Gasteiger partial charge is 0.289 e. The Labute approximate surface area is 99.2 Å². The van der Waals surface area contributed by atoms with Crippen LogP contribution in [-0.2, 0) is 0 Å². The van der Waals surface area contributed by atoms with Gasteiger partial charge in [-0.05, 0) is 18.2 Å². The van der Waals surface area contributed by atoms with Crippen LogP contribution in [0.5, 0.6) is 0 Å². The van der Waals surface area contributed by atoms with Crippen LogP contribution in [0.2, 0.25) is 0 Å². The number of allylic oxidation sites excluding steroid dienone is 1. The third kappa shape index (κ3) is 1.46. The highest BCUT2D eigenvalue weighted by Crippen LogP contribution is 2.27. The van der Waals surface area contributed by atoms with E-state index in [2.05, 4.69) is 23.8 Å². The monoisotopic (exact) mass is 224 g/mol. The van der Waals surface area contributed by atoms with E-state index < -0.39 is 0 Å². The fraction of sp³-hybridized carbons (Fsp3) is 0.214. The van der Waals surface area contributed by atoms with E-state index in [4.69, 9.17) is 0 Å². The van der Waals surface area contributed by atoms with Gasteiger partial charge in [0.2, 0.25) is 0 Å². The maximum absolute atomic E-state index is 11.7. The molecule has 1 aromatic carbocycles. The predicted octanol–water partition coefficient (Wildman–Crippen LogP) is 2.96. The Morgan fingerprint density at radius 2 is 1.94 bits per heavy atom. The summed E-state index contributed by atoms with van der Waals surface area (Å²) in [5, 5.41) is 0.879. The Bertz CT molecular complexity index is 657. The molecule has 0 fully saturated rings. The molecule has 1 aliphatic carbocycles. The highest BCUT2D eigenvalue weighted by molar-refractivity contribution is 6.18. The maximum Gasteiger partial charge on any atom is 0.186 e. The van der Waals surface area contributed by atoms with Crippen LogP contribution in [0.25, 0.3) is 17.0 Å². The van der Waals surface area contributed by atoms with Gasteiger partial charge >= 0.3 is 0 Å². The van der Waals surface area contributed by atoms with Gasteiger partial charge in [-0.3, -0.25) is 4.79 Å². The van der Waals surface area contributed by atoms with Crippen molar-refractivity contribution >= 4 is 22.8 Å². The molecule has 0 aliphatic heterocycles. The first-order chi connectivity index (χ1) is 8.16. The van der Waals surface area contributed by atoms with E-state index in [-0.39, 0.29) is 11.7 Å². The van der Waals surface area contributed by atoms with Crippen LogP contribution in [0.4, 0.5) is 0 Å². The smallest absolute Gasteiger partial charge is 0.186 e. The topological polar surface area (TPSA) is 42.9 Å². The van der Waals surface area contributed by atoms with Crippen molar-refractivity contribution in [2.75, 3.05) is 0 Å². The van der Waals surface area contributed by atoms with Crippen molar-refractivity contribution in [1.29, 1.82) is 0 Å². The molecular weight excluding hydrogens is 212 g/mol. The molecule has 1 aromatic heterocycles. The van der Waals surface area contributed by atoms with Crippen LogP contribution in [0.3, 0.4) is 0 Å². The van der Waals surface area contributed by atoms with Crippen LogP contribution in [0, 0.1) is 0 Å². The lowest BCUT2D eigenvalue weighted by Crippen LogP contribution is -2.07. The average molecular weight is 224 g/mol. The Morgan fingerprint density at radius 1 is 1.12 bits per heavy atom. The van der Waals surface area contributed by atoms with Crippen LogP contribution in [0.1, 0.15) is 41.6 Å². The van der Waals surface area contributed by atoms with Gasteiger partial charge in [0, 0.05) is 16.9 Å². The fourth-order valence-corrected chi connectivity index (χ4v) is 2.06. The molecule has 3 nitrogen and oxygen atoms in total. The molecule has 1 aliphatic rings. The molecule has 0 unspecified atom stereocenters. The molecule has 0 atom stereocenters. The van der Waals surface area contributed by atoms with Gasteiger partial charge in [0.1, 0.15) is 5.82 Å². The second-order valence-electron chi connectivity index (χ2n) is 4.52. The summed E-state index contributed by atoms with van der Waals surface area (Å²) in [6.07, 6.45) is 3.36. The molecule has 3 heteroatoms. The van der Waals surface area contributed by atoms with Crippen molar-refractivity contribution in [2.45, 2.75) is 19.8 Å². The zero-order chi connectivity index (χ0) is 12.0. The minimum atomic E-state index is 0.0315. The predicted molar refractivity (Wildman–Crippen MR) is 67.0 cm³/mol. The van der Waals surface area contributed by atoms with Crippen LogP contribution < -0.4 is 0 Å². The van der Waals surface area contributed by atoms with E-state index in [1.807, 2.05) is 18.2 Å². The lowest BCUT2D eigenvalue weighted by atomic mass is 9.97. The molecule has 1 heterocycles. The molecule has 0 N–H and O–H groups in total. The first-order valence-corrected chi connectivity index (χ1v) is 5.70. The number of ketones is 1. The van der Waals surface area contributed by atoms with Crippen molar-refractivity contribution in [1.82, 2.24) is 9.97 Å². The average Bonchev–Trinajstić information content (AvgIpc) is 2.33. The van der Waals surface area contributed by atoms with Crippen molar-refractivity contribution in [2.24, 2.45) is 0 Å². The molecule has 3 rings (SSSR count). The Kier molecular flexibility index (Phi) is 2.08. The van der Waals surface area contributed by atoms with E-state index in [1.165, 1.54) is 0 Å². The van der Waals surface area contributed by atoms with Gasteiger partial charge in [0.15, 0.2) is 5.78 Å². The first-order valence-electron chi connectivity index (χ1n) is 5.70. The van der Waals surface area contributed by atoms with Gasteiger partial charge in [-0.25, -0.2) is 9.97 Å². The van der Waals surface area contributed by atoms with Gasteiger partial charge in [-0.1, -0.05) is 26.0 Å². The first kappa shape index (κ1) is 10.1. The molecule has 0 saturated heterocycles. The normalized spacial score (nSPS) is 13.7. The molecule has 84 valence electrons. The van der Waals surface area contributed by atoms with Crippen molar-refractivity contribution in [3.63, 3.8) is 0 Å². The molecule has 0 amide bonds. The summed E-state index contributed by atoms with van der Waals surface area (Å²) >= 11 is 0. The van der Waals surface area contributed by atoms with E-state index in [9.17, 15) is 4.79 Å². The van der Waals surface area contributed by atoms with Crippen molar-refractivity contribution < 1.29 is 4.79 Å². The lowest BCUT2D eigenvalue weighted by Gasteiger charge is -2.13. The van der Waals surface area contributed by atoms with E-state index >= 15 is 0 Å².